The van der Waals surface area contributed by atoms with E-state index in [0.29, 0.717) is 5.69 Å². The van der Waals surface area contributed by atoms with Crippen molar-refractivity contribution in [1.82, 2.24) is 9.88 Å². The van der Waals surface area contributed by atoms with E-state index in [0.717, 1.165) is 22.2 Å². The van der Waals surface area contributed by atoms with E-state index in [2.05, 4.69) is 5.32 Å². The summed E-state index contributed by atoms with van der Waals surface area (Å²) in [5.41, 5.74) is 3.55. The van der Waals surface area contributed by atoms with Crippen molar-refractivity contribution in [1.29, 1.82) is 0 Å². The fourth-order valence-electron chi connectivity index (χ4n) is 3.35. The molecule has 0 unspecified atom stereocenters. The highest BCUT2D eigenvalue weighted by Gasteiger charge is 2.34. The third-order valence-electron chi connectivity index (χ3n) is 4.85. The first-order chi connectivity index (χ1) is 13.0. The van der Waals surface area contributed by atoms with Crippen molar-refractivity contribution in [2.75, 3.05) is 4.90 Å². The van der Waals surface area contributed by atoms with Gasteiger partial charge in [-0.15, -0.1) is 0 Å². The summed E-state index contributed by atoms with van der Waals surface area (Å²) in [6, 6.07) is 17.0. The number of carbonyl (C=O) groups is 2. The Morgan fingerprint density at radius 2 is 1.67 bits per heavy atom. The standard InChI is InChI=1S/C21H17N3O2S/c1-13-16(15-10-6-7-11-18(15)23(13)2)12-17-19(25)22-21(27)24(20(17)26)14-8-4-3-5-9-14/h3-12H,1-2H3,(H,22,25,27)/b17-12+. The molecule has 2 amide bonds. The van der Waals surface area contributed by atoms with E-state index in [1.165, 1.54) is 4.90 Å². The summed E-state index contributed by atoms with van der Waals surface area (Å²) in [6.45, 7) is 1.97. The van der Waals surface area contributed by atoms with Crippen molar-refractivity contribution in [3.63, 3.8) is 0 Å². The molecule has 1 aromatic heterocycles. The van der Waals surface area contributed by atoms with Crippen molar-refractivity contribution in [2.45, 2.75) is 6.92 Å². The summed E-state index contributed by atoms with van der Waals surface area (Å²) in [5, 5.41) is 3.70. The summed E-state index contributed by atoms with van der Waals surface area (Å²) >= 11 is 5.23. The number of thiocarbonyl (C=S) groups is 1. The highest BCUT2D eigenvalue weighted by molar-refractivity contribution is 7.80. The van der Waals surface area contributed by atoms with E-state index in [1.54, 1.807) is 18.2 Å². The van der Waals surface area contributed by atoms with Gasteiger partial charge in [0.05, 0.1) is 5.69 Å². The number of hydrogen-bond acceptors (Lipinski definition) is 3. The Labute approximate surface area is 161 Å². The summed E-state index contributed by atoms with van der Waals surface area (Å²) in [5.74, 6) is -0.910. The molecule has 134 valence electrons. The van der Waals surface area contributed by atoms with Gasteiger partial charge in [-0.05, 0) is 43.4 Å². The summed E-state index contributed by atoms with van der Waals surface area (Å²) in [4.78, 5) is 27.0. The lowest BCUT2D eigenvalue weighted by molar-refractivity contribution is -0.122. The third-order valence-corrected chi connectivity index (χ3v) is 5.14. The fourth-order valence-corrected chi connectivity index (χ4v) is 3.63. The Kier molecular flexibility index (Phi) is 4.12. The number of fused-ring (bicyclic) bond motifs is 1. The van der Waals surface area contributed by atoms with Crippen molar-refractivity contribution >= 4 is 51.8 Å². The summed E-state index contributed by atoms with van der Waals surface area (Å²) in [7, 11) is 1.97. The normalized spacial score (nSPS) is 16.3. The number of amides is 2. The molecule has 0 bridgehead atoms. The number of aromatic nitrogens is 1. The Balaban J connectivity index is 1.86. The molecular formula is C21H17N3O2S. The van der Waals surface area contributed by atoms with Gasteiger partial charge in [0.15, 0.2) is 5.11 Å². The van der Waals surface area contributed by atoms with Crippen LogP contribution in [0.25, 0.3) is 17.0 Å². The quantitative estimate of drug-likeness (QED) is 0.425. The second-order valence-corrected chi connectivity index (χ2v) is 6.76. The molecule has 4 rings (SSSR count). The van der Waals surface area contributed by atoms with Crippen molar-refractivity contribution in [2.24, 2.45) is 7.05 Å². The van der Waals surface area contributed by atoms with E-state index in [4.69, 9.17) is 12.2 Å². The zero-order valence-electron chi connectivity index (χ0n) is 14.9. The first-order valence-corrected chi connectivity index (χ1v) is 8.90. The molecule has 0 radical (unpaired) electrons. The second kappa shape index (κ2) is 6.48. The van der Waals surface area contributed by atoms with Crippen LogP contribution in [0.1, 0.15) is 11.3 Å². The smallest absolute Gasteiger partial charge is 0.270 e. The number of rotatable bonds is 2. The average Bonchev–Trinajstić information content (AvgIpc) is 2.90. The molecule has 0 atom stereocenters. The van der Waals surface area contributed by atoms with Crippen molar-refractivity contribution in [3.8, 4) is 0 Å². The zero-order valence-corrected chi connectivity index (χ0v) is 15.7. The summed E-state index contributed by atoms with van der Waals surface area (Å²) < 4.78 is 2.05. The maximum absolute atomic E-state index is 13.1. The Morgan fingerprint density at radius 3 is 2.41 bits per heavy atom. The van der Waals surface area contributed by atoms with Crippen LogP contribution in [0.5, 0.6) is 0 Å². The van der Waals surface area contributed by atoms with Crippen LogP contribution in [-0.4, -0.2) is 21.5 Å². The number of benzene rings is 2. The first-order valence-electron chi connectivity index (χ1n) is 8.49. The van der Waals surface area contributed by atoms with E-state index < -0.39 is 11.8 Å². The molecule has 0 aliphatic carbocycles. The van der Waals surface area contributed by atoms with Crippen molar-refractivity contribution < 1.29 is 9.59 Å². The molecule has 6 heteroatoms. The van der Waals surface area contributed by atoms with Crippen LogP contribution < -0.4 is 10.2 Å². The molecule has 1 saturated heterocycles. The van der Waals surface area contributed by atoms with Gasteiger partial charge >= 0.3 is 0 Å². The molecule has 3 aromatic rings. The van der Waals surface area contributed by atoms with Crippen LogP contribution in [0, 0.1) is 6.92 Å². The lowest BCUT2D eigenvalue weighted by atomic mass is 10.0. The molecular weight excluding hydrogens is 358 g/mol. The molecule has 2 heterocycles. The molecule has 2 aromatic carbocycles. The lowest BCUT2D eigenvalue weighted by Crippen LogP contribution is -2.54. The number of nitrogens with one attached hydrogen (secondary N) is 1. The topological polar surface area (TPSA) is 54.3 Å². The van der Waals surface area contributed by atoms with Gasteiger partial charge in [-0.3, -0.25) is 19.8 Å². The van der Waals surface area contributed by atoms with Gasteiger partial charge in [0.2, 0.25) is 0 Å². The minimum absolute atomic E-state index is 0.0620. The average molecular weight is 375 g/mol. The van der Waals surface area contributed by atoms with Gasteiger partial charge in [0, 0.05) is 29.2 Å². The van der Waals surface area contributed by atoms with Crippen LogP contribution in [0.2, 0.25) is 0 Å². The Bertz CT molecular complexity index is 1130. The highest BCUT2D eigenvalue weighted by atomic mass is 32.1. The number of hydrogen-bond donors (Lipinski definition) is 1. The molecule has 5 nitrogen and oxygen atoms in total. The molecule has 0 saturated carbocycles. The van der Waals surface area contributed by atoms with Crippen LogP contribution in [-0.2, 0) is 16.6 Å². The van der Waals surface area contributed by atoms with E-state index in [-0.39, 0.29) is 10.7 Å². The van der Waals surface area contributed by atoms with Crippen molar-refractivity contribution in [3.05, 3.63) is 71.4 Å². The number of carbonyl (C=O) groups excluding carboxylic acids is 2. The monoisotopic (exact) mass is 375 g/mol. The van der Waals surface area contributed by atoms with Gasteiger partial charge in [0.25, 0.3) is 11.8 Å². The Morgan fingerprint density at radius 1 is 1.00 bits per heavy atom. The zero-order chi connectivity index (χ0) is 19.1. The largest absolute Gasteiger partial charge is 0.347 e. The maximum atomic E-state index is 13.1. The van der Waals surface area contributed by atoms with Gasteiger partial charge in [-0.2, -0.15) is 0 Å². The Hall–Kier alpha value is -3.25. The molecule has 0 spiro atoms. The third kappa shape index (κ3) is 2.74. The van der Waals surface area contributed by atoms with E-state index in [9.17, 15) is 9.59 Å². The van der Waals surface area contributed by atoms with Gasteiger partial charge in [0.1, 0.15) is 5.57 Å². The minimum Gasteiger partial charge on any atom is -0.347 e. The fraction of sp³-hybridized carbons (Fsp3) is 0.0952. The van der Waals surface area contributed by atoms with E-state index >= 15 is 0 Å². The van der Waals surface area contributed by atoms with Gasteiger partial charge in [-0.1, -0.05) is 36.4 Å². The van der Waals surface area contributed by atoms with E-state index in [1.807, 2.05) is 61.0 Å². The molecule has 1 N–H and O–H groups in total. The van der Waals surface area contributed by atoms with Crippen LogP contribution in [0.15, 0.2) is 60.2 Å². The van der Waals surface area contributed by atoms with Crippen LogP contribution >= 0.6 is 12.2 Å². The second-order valence-electron chi connectivity index (χ2n) is 6.37. The van der Waals surface area contributed by atoms with Gasteiger partial charge in [-0.25, -0.2) is 0 Å². The first kappa shape index (κ1) is 17.2. The lowest BCUT2D eigenvalue weighted by Gasteiger charge is -2.28. The SMILES string of the molecule is Cc1c(/C=C2\C(=O)NC(=S)N(c3ccccc3)C2=O)c2ccccc2n1C. The molecule has 1 aliphatic rings. The number of anilines is 1. The molecule has 1 aliphatic heterocycles. The molecule has 27 heavy (non-hydrogen) atoms. The minimum atomic E-state index is -0.482. The molecule has 1 fully saturated rings. The van der Waals surface area contributed by atoms with Gasteiger partial charge < -0.3 is 4.57 Å². The van der Waals surface area contributed by atoms with Crippen LogP contribution in [0.4, 0.5) is 5.69 Å². The number of para-hydroxylation sites is 2. The maximum Gasteiger partial charge on any atom is 0.270 e. The highest BCUT2D eigenvalue weighted by Crippen LogP contribution is 2.28. The number of aryl methyl sites for hydroxylation is 1. The summed E-state index contributed by atoms with van der Waals surface area (Å²) in [6.07, 6.45) is 1.66. The number of nitrogens with zero attached hydrogens (tertiary/aromatic N) is 2. The van der Waals surface area contributed by atoms with Crippen LogP contribution in [0.3, 0.4) is 0 Å². The predicted molar refractivity (Wildman–Crippen MR) is 110 cm³/mol. The predicted octanol–water partition coefficient (Wildman–Crippen LogP) is 3.32.